The number of carbonyl (C=O) groups is 1. The Kier molecular flexibility index (Phi) is 2.62. The molecule has 66 valence electrons. The second-order valence-corrected chi connectivity index (χ2v) is 2.27. The van der Waals surface area contributed by atoms with Crippen molar-refractivity contribution >= 4 is 11.7 Å². The molecule has 0 fully saturated rings. The molecule has 0 spiro atoms. The zero-order valence-electron chi connectivity index (χ0n) is 7.03. The topological polar surface area (TPSA) is 71.8 Å². The lowest BCUT2D eigenvalue weighted by Gasteiger charge is -2.03. The first-order valence-corrected chi connectivity index (χ1v) is 3.53. The van der Waals surface area contributed by atoms with Crippen molar-refractivity contribution in [2.75, 3.05) is 18.9 Å². The number of hydrogen-bond acceptors (Lipinski definition) is 4. The lowest BCUT2D eigenvalue weighted by atomic mass is 10.5. The summed E-state index contributed by atoms with van der Waals surface area (Å²) in [6, 6.07) is 0. The molecule has 6 heteroatoms. The molecular weight excluding hydrogens is 158 g/mol. The summed E-state index contributed by atoms with van der Waals surface area (Å²) in [6.07, 6.45) is 1.56. The summed E-state index contributed by atoms with van der Waals surface area (Å²) < 4.78 is 1.56. The molecule has 1 heterocycles. The van der Waals surface area contributed by atoms with Crippen LogP contribution >= 0.6 is 0 Å². The van der Waals surface area contributed by atoms with Crippen LogP contribution in [0.5, 0.6) is 0 Å². The molecule has 0 radical (unpaired) electrons. The summed E-state index contributed by atoms with van der Waals surface area (Å²) in [6.45, 7) is 0.234. The molecular formula is C6H11N5O. The molecule has 6 nitrogen and oxygen atoms in total. The van der Waals surface area contributed by atoms with Gasteiger partial charge in [-0.1, -0.05) is 5.21 Å². The minimum Gasteiger partial charge on any atom is -0.360 e. The maximum Gasteiger partial charge on any atom is 0.239 e. The molecule has 12 heavy (non-hydrogen) atoms. The summed E-state index contributed by atoms with van der Waals surface area (Å²) in [7, 11) is 3.34. The Bertz CT molecular complexity index is 269. The molecule has 0 aromatic carbocycles. The van der Waals surface area contributed by atoms with Gasteiger partial charge in [0, 0.05) is 14.1 Å². The van der Waals surface area contributed by atoms with Crippen molar-refractivity contribution in [2.24, 2.45) is 7.05 Å². The Morgan fingerprint density at radius 1 is 1.75 bits per heavy atom. The van der Waals surface area contributed by atoms with E-state index in [0.717, 1.165) is 5.82 Å². The van der Waals surface area contributed by atoms with Crippen molar-refractivity contribution in [1.82, 2.24) is 20.3 Å². The van der Waals surface area contributed by atoms with E-state index in [0.29, 0.717) is 0 Å². The fraction of sp³-hybridized carbons (Fsp3) is 0.500. The van der Waals surface area contributed by atoms with Crippen LogP contribution in [0.4, 0.5) is 5.82 Å². The highest BCUT2D eigenvalue weighted by atomic mass is 16.1. The van der Waals surface area contributed by atoms with E-state index in [1.165, 1.54) is 0 Å². The number of aryl methyl sites for hydroxylation is 1. The maximum absolute atomic E-state index is 10.8. The van der Waals surface area contributed by atoms with Crippen molar-refractivity contribution in [3.8, 4) is 0 Å². The van der Waals surface area contributed by atoms with Gasteiger partial charge in [0.1, 0.15) is 5.82 Å². The molecule has 1 amide bonds. The van der Waals surface area contributed by atoms with Gasteiger partial charge in [-0.25, -0.2) is 4.68 Å². The first-order chi connectivity index (χ1) is 5.74. The van der Waals surface area contributed by atoms with E-state index in [1.807, 2.05) is 0 Å². The zero-order valence-corrected chi connectivity index (χ0v) is 7.03. The van der Waals surface area contributed by atoms with Crippen molar-refractivity contribution in [3.63, 3.8) is 0 Å². The minimum absolute atomic E-state index is 0.0730. The van der Waals surface area contributed by atoms with Crippen LogP contribution in [0.25, 0.3) is 0 Å². The molecule has 0 bridgehead atoms. The predicted octanol–water partition coefficient (Wildman–Crippen LogP) is -1.03. The van der Waals surface area contributed by atoms with Gasteiger partial charge in [-0.2, -0.15) is 0 Å². The molecule has 0 saturated carbocycles. The van der Waals surface area contributed by atoms with Crippen LogP contribution in [-0.2, 0) is 11.8 Å². The minimum atomic E-state index is -0.0730. The Balaban J connectivity index is 2.43. The van der Waals surface area contributed by atoms with Gasteiger partial charge in [-0.05, 0) is 0 Å². The first kappa shape index (κ1) is 8.51. The number of anilines is 1. The molecule has 1 rings (SSSR count). The van der Waals surface area contributed by atoms with Crippen LogP contribution < -0.4 is 10.6 Å². The van der Waals surface area contributed by atoms with Crippen LogP contribution in [0, 0.1) is 0 Å². The highest BCUT2D eigenvalue weighted by Crippen LogP contribution is 1.98. The Morgan fingerprint density at radius 2 is 2.50 bits per heavy atom. The molecule has 1 aromatic rings. The SMILES string of the molecule is CNC(=O)CNc1cnnn1C. The van der Waals surface area contributed by atoms with Gasteiger partial charge in [-0.3, -0.25) is 4.79 Å². The van der Waals surface area contributed by atoms with Gasteiger partial charge in [-0.15, -0.1) is 5.10 Å². The van der Waals surface area contributed by atoms with Crippen LogP contribution in [0.1, 0.15) is 0 Å². The number of aromatic nitrogens is 3. The third-order valence-electron chi connectivity index (χ3n) is 1.42. The van der Waals surface area contributed by atoms with Gasteiger partial charge >= 0.3 is 0 Å². The van der Waals surface area contributed by atoms with E-state index in [2.05, 4.69) is 20.9 Å². The molecule has 0 atom stereocenters. The fourth-order valence-electron chi connectivity index (χ4n) is 0.709. The molecule has 1 aromatic heterocycles. The lowest BCUT2D eigenvalue weighted by molar-refractivity contribution is -0.118. The number of rotatable bonds is 3. The monoisotopic (exact) mass is 169 g/mol. The molecule has 0 saturated heterocycles. The van der Waals surface area contributed by atoms with E-state index < -0.39 is 0 Å². The summed E-state index contributed by atoms with van der Waals surface area (Å²) in [5, 5.41) is 12.7. The van der Waals surface area contributed by atoms with E-state index in [1.54, 1.807) is 25.0 Å². The van der Waals surface area contributed by atoms with Crippen molar-refractivity contribution < 1.29 is 4.79 Å². The third-order valence-corrected chi connectivity index (χ3v) is 1.42. The third kappa shape index (κ3) is 1.94. The molecule has 0 unspecified atom stereocenters. The van der Waals surface area contributed by atoms with E-state index in [-0.39, 0.29) is 12.5 Å². The van der Waals surface area contributed by atoms with Crippen LogP contribution in [0.3, 0.4) is 0 Å². The molecule has 0 aliphatic carbocycles. The quantitative estimate of drug-likeness (QED) is 0.607. The average molecular weight is 169 g/mol. The summed E-state index contributed by atoms with van der Waals surface area (Å²) in [4.78, 5) is 10.8. The van der Waals surface area contributed by atoms with Crippen molar-refractivity contribution in [2.45, 2.75) is 0 Å². The standard InChI is InChI=1S/C6H11N5O/c1-7-6(12)4-8-5-3-9-10-11(5)2/h3,8H,4H2,1-2H3,(H,7,12). The largest absolute Gasteiger partial charge is 0.360 e. The maximum atomic E-state index is 10.8. The predicted molar refractivity (Wildman–Crippen MR) is 43.6 cm³/mol. The number of likely N-dealkylation sites (N-methyl/N-ethyl adjacent to an activating group) is 1. The summed E-state index contributed by atoms with van der Waals surface area (Å²) >= 11 is 0. The van der Waals surface area contributed by atoms with Crippen LogP contribution in [0.15, 0.2) is 6.20 Å². The average Bonchev–Trinajstić information content (AvgIpc) is 2.47. The van der Waals surface area contributed by atoms with Gasteiger partial charge in [0.15, 0.2) is 0 Å². The first-order valence-electron chi connectivity index (χ1n) is 3.53. The smallest absolute Gasteiger partial charge is 0.239 e. The second kappa shape index (κ2) is 3.70. The van der Waals surface area contributed by atoms with Gasteiger partial charge < -0.3 is 10.6 Å². The summed E-state index contributed by atoms with van der Waals surface area (Å²) in [5.74, 6) is 0.648. The molecule has 2 N–H and O–H groups in total. The lowest BCUT2D eigenvalue weighted by Crippen LogP contribution is -2.26. The Hall–Kier alpha value is -1.59. The van der Waals surface area contributed by atoms with Crippen LogP contribution in [-0.4, -0.2) is 34.5 Å². The number of carbonyl (C=O) groups excluding carboxylic acids is 1. The van der Waals surface area contributed by atoms with Gasteiger partial charge in [0.25, 0.3) is 0 Å². The second-order valence-electron chi connectivity index (χ2n) is 2.27. The van der Waals surface area contributed by atoms with Gasteiger partial charge in [0.2, 0.25) is 5.91 Å². The molecule has 0 aliphatic heterocycles. The van der Waals surface area contributed by atoms with E-state index in [9.17, 15) is 4.79 Å². The fourth-order valence-corrected chi connectivity index (χ4v) is 0.709. The van der Waals surface area contributed by atoms with E-state index in [4.69, 9.17) is 0 Å². The highest BCUT2D eigenvalue weighted by Gasteiger charge is 2.00. The Labute approximate surface area is 69.9 Å². The number of amides is 1. The summed E-state index contributed by atoms with van der Waals surface area (Å²) in [5.41, 5.74) is 0. The van der Waals surface area contributed by atoms with Gasteiger partial charge in [0.05, 0.1) is 12.7 Å². The number of nitrogens with one attached hydrogen (secondary N) is 2. The van der Waals surface area contributed by atoms with Crippen molar-refractivity contribution in [3.05, 3.63) is 6.20 Å². The Morgan fingerprint density at radius 3 is 3.00 bits per heavy atom. The zero-order chi connectivity index (χ0) is 8.97. The van der Waals surface area contributed by atoms with E-state index >= 15 is 0 Å². The number of hydrogen-bond donors (Lipinski definition) is 2. The number of nitrogens with zero attached hydrogens (tertiary/aromatic N) is 3. The van der Waals surface area contributed by atoms with Crippen LogP contribution in [0.2, 0.25) is 0 Å². The molecule has 0 aliphatic rings. The van der Waals surface area contributed by atoms with Crippen molar-refractivity contribution in [1.29, 1.82) is 0 Å². The normalized spacial score (nSPS) is 9.50. The highest BCUT2D eigenvalue weighted by molar-refractivity contribution is 5.79.